The molecule has 0 bridgehead atoms. The van der Waals surface area contributed by atoms with Crippen LogP contribution in [0.3, 0.4) is 0 Å². The molecular weight excluding hydrogens is 232 g/mol. The van der Waals surface area contributed by atoms with Crippen LogP contribution in [0.1, 0.15) is 24.4 Å². The minimum atomic E-state index is -0.0169. The largest absolute Gasteiger partial charge is 0.360 e. The summed E-state index contributed by atoms with van der Waals surface area (Å²) in [6.07, 6.45) is 3.36. The normalized spacial score (nSPS) is 12.2. The van der Waals surface area contributed by atoms with E-state index in [0.717, 1.165) is 11.4 Å². The highest BCUT2D eigenvalue weighted by Crippen LogP contribution is 2.18. The molecule has 96 valence electrons. The van der Waals surface area contributed by atoms with Gasteiger partial charge in [0.05, 0.1) is 6.04 Å². The van der Waals surface area contributed by atoms with Gasteiger partial charge in [-0.2, -0.15) is 4.98 Å². The minimum absolute atomic E-state index is 0.0169. The number of rotatable bonds is 4. The first-order chi connectivity index (χ1) is 8.61. The second-order valence-electron chi connectivity index (χ2n) is 4.04. The standard InChI is InChI=1S/C10H16N8/c1-6-4-12-10(16-11)15-8(6)14-7(2)9-17-13-5-18(9)3/h4-5,7H,11H2,1-3H3,(H2,12,14,15,16). The summed E-state index contributed by atoms with van der Waals surface area (Å²) in [5.74, 6) is 7.20. The Morgan fingerprint density at radius 1 is 1.44 bits per heavy atom. The van der Waals surface area contributed by atoms with Gasteiger partial charge in [0.2, 0.25) is 5.95 Å². The predicted octanol–water partition coefficient (Wildman–Crippen LogP) is 0.372. The zero-order chi connectivity index (χ0) is 13.1. The van der Waals surface area contributed by atoms with Crippen molar-refractivity contribution in [1.82, 2.24) is 24.7 Å². The van der Waals surface area contributed by atoms with E-state index in [1.165, 1.54) is 0 Å². The summed E-state index contributed by atoms with van der Waals surface area (Å²) in [6, 6.07) is -0.0169. The smallest absolute Gasteiger partial charge is 0.239 e. The van der Waals surface area contributed by atoms with Crippen molar-refractivity contribution in [3.8, 4) is 0 Å². The molecule has 2 heterocycles. The summed E-state index contributed by atoms with van der Waals surface area (Å²) in [5.41, 5.74) is 3.35. The average Bonchev–Trinajstić information content (AvgIpc) is 2.78. The van der Waals surface area contributed by atoms with E-state index in [1.54, 1.807) is 12.5 Å². The third-order valence-corrected chi connectivity index (χ3v) is 2.59. The lowest BCUT2D eigenvalue weighted by Crippen LogP contribution is -2.16. The van der Waals surface area contributed by atoms with Gasteiger partial charge in [0.1, 0.15) is 12.1 Å². The van der Waals surface area contributed by atoms with E-state index in [1.807, 2.05) is 25.5 Å². The number of nitrogen functional groups attached to an aromatic ring is 1. The van der Waals surface area contributed by atoms with Crippen molar-refractivity contribution in [2.75, 3.05) is 10.7 Å². The van der Waals surface area contributed by atoms with Crippen molar-refractivity contribution >= 4 is 11.8 Å². The summed E-state index contributed by atoms with van der Waals surface area (Å²) >= 11 is 0. The predicted molar refractivity (Wildman–Crippen MR) is 67.6 cm³/mol. The lowest BCUT2D eigenvalue weighted by molar-refractivity contribution is 0.715. The van der Waals surface area contributed by atoms with E-state index >= 15 is 0 Å². The maximum atomic E-state index is 5.29. The number of nitrogens with zero attached hydrogens (tertiary/aromatic N) is 5. The Bertz CT molecular complexity index is 534. The van der Waals surface area contributed by atoms with Crippen LogP contribution < -0.4 is 16.6 Å². The van der Waals surface area contributed by atoms with Gasteiger partial charge in [-0.05, 0) is 13.8 Å². The highest BCUT2D eigenvalue weighted by molar-refractivity contribution is 5.47. The highest BCUT2D eigenvalue weighted by atomic mass is 15.3. The molecule has 1 unspecified atom stereocenters. The summed E-state index contributed by atoms with van der Waals surface area (Å²) in [6.45, 7) is 3.91. The molecule has 2 aromatic heterocycles. The number of anilines is 2. The second kappa shape index (κ2) is 4.96. The number of nitrogens with one attached hydrogen (secondary N) is 2. The van der Waals surface area contributed by atoms with Crippen LogP contribution in [-0.2, 0) is 7.05 Å². The lowest BCUT2D eigenvalue weighted by Gasteiger charge is -2.15. The second-order valence-corrected chi connectivity index (χ2v) is 4.04. The molecular formula is C10H16N8. The number of aromatic nitrogens is 5. The Balaban J connectivity index is 2.21. The fourth-order valence-corrected chi connectivity index (χ4v) is 1.61. The third kappa shape index (κ3) is 2.38. The van der Waals surface area contributed by atoms with Crippen LogP contribution in [0.25, 0.3) is 0 Å². The van der Waals surface area contributed by atoms with Crippen molar-refractivity contribution < 1.29 is 0 Å². The van der Waals surface area contributed by atoms with E-state index in [0.29, 0.717) is 11.8 Å². The summed E-state index contributed by atoms with van der Waals surface area (Å²) < 4.78 is 1.86. The van der Waals surface area contributed by atoms with E-state index in [2.05, 4.69) is 30.9 Å². The first-order valence-corrected chi connectivity index (χ1v) is 5.52. The Kier molecular flexibility index (Phi) is 3.38. The number of hydrogen-bond donors (Lipinski definition) is 3. The molecule has 1 atom stereocenters. The molecule has 2 rings (SSSR count). The number of hydrogen-bond acceptors (Lipinski definition) is 7. The van der Waals surface area contributed by atoms with Gasteiger partial charge >= 0.3 is 0 Å². The van der Waals surface area contributed by atoms with Crippen LogP contribution in [-0.4, -0.2) is 24.7 Å². The minimum Gasteiger partial charge on any atom is -0.360 e. The van der Waals surface area contributed by atoms with Crippen molar-refractivity contribution in [1.29, 1.82) is 0 Å². The summed E-state index contributed by atoms with van der Waals surface area (Å²) in [5, 5.41) is 11.2. The van der Waals surface area contributed by atoms with Crippen LogP contribution in [0.5, 0.6) is 0 Å². The topological polar surface area (TPSA) is 107 Å². The first-order valence-electron chi connectivity index (χ1n) is 5.52. The number of aryl methyl sites for hydroxylation is 2. The summed E-state index contributed by atoms with van der Waals surface area (Å²) in [4.78, 5) is 8.28. The molecule has 0 aliphatic heterocycles. The van der Waals surface area contributed by atoms with Crippen molar-refractivity contribution in [2.45, 2.75) is 19.9 Å². The van der Waals surface area contributed by atoms with E-state index in [4.69, 9.17) is 5.84 Å². The Morgan fingerprint density at radius 2 is 2.22 bits per heavy atom. The molecule has 2 aromatic rings. The highest BCUT2D eigenvalue weighted by Gasteiger charge is 2.13. The molecule has 0 fully saturated rings. The van der Waals surface area contributed by atoms with Crippen LogP contribution in [0.2, 0.25) is 0 Å². The molecule has 4 N–H and O–H groups in total. The first kappa shape index (κ1) is 12.2. The molecule has 0 saturated heterocycles. The quantitative estimate of drug-likeness (QED) is 0.530. The average molecular weight is 248 g/mol. The molecule has 0 radical (unpaired) electrons. The lowest BCUT2D eigenvalue weighted by atomic mass is 10.3. The van der Waals surface area contributed by atoms with Crippen molar-refractivity contribution in [3.05, 3.63) is 23.9 Å². The Labute approximate surface area is 105 Å². The van der Waals surface area contributed by atoms with Gasteiger partial charge in [-0.25, -0.2) is 10.8 Å². The van der Waals surface area contributed by atoms with E-state index in [-0.39, 0.29) is 6.04 Å². The summed E-state index contributed by atoms with van der Waals surface area (Å²) in [7, 11) is 1.90. The molecule has 0 aliphatic carbocycles. The number of hydrazine groups is 1. The van der Waals surface area contributed by atoms with Crippen LogP contribution in [0.15, 0.2) is 12.5 Å². The molecule has 0 aromatic carbocycles. The van der Waals surface area contributed by atoms with Crippen molar-refractivity contribution in [2.24, 2.45) is 12.9 Å². The fraction of sp³-hybridized carbons (Fsp3) is 0.400. The zero-order valence-corrected chi connectivity index (χ0v) is 10.5. The number of nitrogens with two attached hydrogens (primary N) is 1. The zero-order valence-electron chi connectivity index (χ0n) is 10.5. The van der Waals surface area contributed by atoms with Gasteiger partial charge in [0.25, 0.3) is 0 Å². The molecule has 8 heteroatoms. The Hall–Kier alpha value is -2.22. The molecule has 0 amide bonds. The molecule has 0 saturated carbocycles. The van der Waals surface area contributed by atoms with Gasteiger partial charge in [-0.15, -0.1) is 10.2 Å². The van der Waals surface area contributed by atoms with Gasteiger partial charge in [-0.3, -0.25) is 5.43 Å². The van der Waals surface area contributed by atoms with Gasteiger partial charge in [0, 0.05) is 18.8 Å². The maximum absolute atomic E-state index is 5.29. The molecule has 0 spiro atoms. The molecule has 18 heavy (non-hydrogen) atoms. The molecule has 0 aliphatic rings. The van der Waals surface area contributed by atoms with E-state index < -0.39 is 0 Å². The van der Waals surface area contributed by atoms with Gasteiger partial charge in [0.15, 0.2) is 5.82 Å². The Morgan fingerprint density at radius 3 is 2.83 bits per heavy atom. The molecule has 8 nitrogen and oxygen atoms in total. The maximum Gasteiger partial charge on any atom is 0.239 e. The van der Waals surface area contributed by atoms with Crippen LogP contribution >= 0.6 is 0 Å². The van der Waals surface area contributed by atoms with Crippen molar-refractivity contribution in [3.63, 3.8) is 0 Å². The fourth-order valence-electron chi connectivity index (χ4n) is 1.61. The monoisotopic (exact) mass is 248 g/mol. The van der Waals surface area contributed by atoms with E-state index in [9.17, 15) is 0 Å². The SMILES string of the molecule is Cc1cnc(NN)nc1NC(C)c1nncn1C. The van der Waals surface area contributed by atoms with Gasteiger partial charge in [-0.1, -0.05) is 0 Å². The van der Waals surface area contributed by atoms with Gasteiger partial charge < -0.3 is 9.88 Å². The van der Waals surface area contributed by atoms with Crippen LogP contribution in [0, 0.1) is 6.92 Å². The van der Waals surface area contributed by atoms with Crippen LogP contribution in [0.4, 0.5) is 11.8 Å². The third-order valence-electron chi connectivity index (χ3n) is 2.59.